The van der Waals surface area contributed by atoms with Gasteiger partial charge in [-0.25, -0.2) is 0 Å². The molecular weight excluding hydrogens is 438 g/mol. The van der Waals surface area contributed by atoms with E-state index in [4.69, 9.17) is 34.2 Å². The van der Waals surface area contributed by atoms with E-state index in [0.717, 1.165) is 0 Å². The number of hydrogen-bond acceptors (Lipinski definition) is 14. The predicted octanol–water partition coefficient (Wildman–Crippen LogP) is -5.38. The third-order valence-corrected chi connectivity index (χ3v) is 5.10. The van der Waals surface area contributed by atoms with Crippen LogP contribution in [0.3, 0.4) is 0 Å². The summed E-state index contributed by atoms with van der Waals surface area (Å²) in [6.45, 7) is 0.379. The number of aliphatic hydroxyl groups excluding tert-OH is 7. The maximum atomic E-state index is 10.5. The first kappa shape index (κ1) is 27.7. The van der Waals surface area contributed by atoms with Gasteiger partial charge in [0.1, 0.15) is 48.8 Å². The van der Waals surface area contributed by atoms with Crippen molar-refractivity contribution in [2.45, 2.75) is 61.4 Å². The van der Waals surface area contributed by atoms with Crippen LogP contribution >= 0.6 is 0 Å². The van der Waals surface area contributed by atoms with Crippen LogP contribution in [0.15, 0.2) is 0 Å². The van der Waals surface area contributed by atoms with Crippen molar-refractivity contribution in [2.75, 3.05) is 52.8 Å². The lowest BCUT2D eigenvalue weighted by Crippen LogP contribution is -2.64. The second kappa shape index (κ2) is 14.0. The minimum absolute atomic E-state index is 0.0156. The molecule has 1 unspecified atom stereocenters. The fourth-order valence-electron chi connectivity index (χ4n) is 3.32. The molecule has 0 radical (unpaired) electrons. The van der Waals surface area contributed by atoms with Gasteiger partial charge in [0.25, 0.3) is 0 Å². The Morgan fingerprint density at radius 1 is 0.625 bits per heavy atom. The molecule has 2 aliphatic heterocycles. The monoisotopic (exact) mass is 473 g/mol. The number of nitrogens with two attached hydrogens (primary N) is 1. The zero-order chi connectivity index (χ0) is 23.7. The van der Waals surface area contributed by atoms with E-state index in [9.17, 15) is 35.7 Å². The second-order valence-corrected chi connectivity index (χ2v) is 7.39. The van der Waals surface area contributed by atoms with Crippen LogP contribution in [-0.4, -0.2) is 150 Å². The van der Waals surface area contributed by atoms with Gasteiger partial charge in [-0.3, -0.25) is 0 Å². The molecule has 10 atom stereocenters. The summed E-state index contributed by atoms with van der Waals surface area (Å²) in [5, 5.41) is 69.6. The van der Waals surface area contributed by atoms with Crippen LogP contribution in [0.4, 0.5) is 0 Å². The first-order valence-corrected chi connectivity index (χ1v) is 10.4. The van der Waals surface area contributed by atoms with Gasteiger partial charge < -0.3 is 69.9 Å². The lowest BCUT2D eigenvalue weighted by atomic mass is 9.97. The van der Waals surface area contributed by atoms with Gasteiger partial charge in [-0.15, -0.1) is 0 Å². The molecule has 0 saturated carbocycles. The largest absolute Gasteiger partial charge is 0.394 e. The maximum Gasteiger partial charge on any atom is 0.187 e. The van der Waals surface area contributed by atoms with Crippen molar-refractivity contribution in [2.24, 2.45) is 5.73 Å². The molecule has 2 rings (SSSR count). The normalized spacial score (nSPS) is 40.5. The van der Waals surface area contributed by atoms with Crippen LogP contribution in [0.2, 0.25) is 0 Å². The molecule has 0 aromatic rings. The average Bonchev–Trinajstić information content (AvgIpc) is 2.79. The highest BCUT2D eigenvalue weighted by molar-refractivity contribution is 4.94. The predicted molar refractivity (Wildman–Crippen MR) is 103 cm³/mol. The van der Waals surface area contributed by atoms with Crippen molar-refractivity contribution in [1.29, 1.82) is 0 Å². The molecule has 0 aliphatic carbocycles. The van der Waals surface area contributed by atoms with Gasteiger partial charge in [-0.1, -0.05) is 0 Å². The molecule has 0 bridgehead atoms. The van der Waals surface area contributed by atoms with Crippen molar-refractivity contribution in [3.63, 3.8) is 0 Å². The molecule has 9 N–H and O–H groups in total. The molecule has 14 heteroatoms. The zero-order valence-corrected chi connectivity index (χ0v) is 17.6. The van der Waals surface area contributed by atoms with E-state index in [1.54, 1.807) is 0 Å². The Bertz CT molecular complexity index is 513. The number of aliphatic hydroxyl groups is 7. The highest BCUT2D eigenvalue weighted by Crippen LogP contribution is 2.29. The molecule has 0 aromatic carbocycles. The summed E-state index contributed by atoms with van der Waals surface area (Å²) in [5.74, 6) is 0. The molecule has 0 amide bonds. The van der Waals surface area contributed by atoms with Crippen LogP contribution < -0.4 is 5.73 Å². The molecule has 14 nitrogen and oxygen atoms in total. The fourth-order valence-corrected chi connectivity index (χ4v) is 3.32. The minimum atomic E-state index is -1.73. The summed E-state index contributed by atoms with van der Waals surface area (Å²) in [4.78, 5) is 0. The molecule has 2 heterocycles. The van der Waals surface area contributed by atoms with Crippen molar-refractivity contribution >= 4 is 0 Å². The first-order valence-electron chi connectivity index (χ1n) is 10.4. The van der Waals surface area contributed by atoms with E-state index in [2.05, 4.69) is 0 Å². The highest BCUT2D eigenvalue weighted by atomic mass is 16.7. The second-order valence-electron chi connectivity index (χ2n) is 7.39. The van der Waals surface area contributed by atoms with Gasteiger partial charge in [0, 0.05) is 6.54 Å². The number of hydrogen-bond donors (Lipinski definition) is 8. The molecular formula is C18H35NO13. The maximum absolute atomic E-state index is 10.5. The Balaban J connectivity index is 1.86. The number of rotatable bonds is 13. The van der Waals surface area contributed by atoms with Crippen molar-refractivity contribution < 1.29 is 64.2 Å². The van der Waals surface area contributed by atoms with Crippen LogP contribution in [-0.2, 0) is 28.4 Å². The minimum Gasteiger partial charge on any atom is -0.394 e. The topological polar surface area (TPSA) is 223 Å². The van der Waals surface area contributed by atoms with E-state index >= 15 is 0 Å². The van der Waals surface area contributed by atoms with Gasteiger partial charge in [-0.2, -0.15) is 0 Å². The van der Waals surface area contributed by atoms with E-state index in [1.165, 1.54) is 0 Å². The Morgan fingerprint density at radius 3 is 1.81 bits per heavy atom. The average molecular weight is 473 g/mol. The fraction of sp³-hybridized carbons (Fsp3) is 1.00. The first-order chi connectivity index (χ1) is 15.3. The van der Waals surface area contributed by atoms with Crippen LogP contribution in [0, 0.1) is 0 Å². The van der Waals surface area contributed by atoms with Gasteiger partial charge in [0.2, 0.25) is 0 Å². The Labute approximate surface area is 185 Å². The summed E-state index contributed by atoms with van der Waals surface area (Å²) in [6, 6.07) is 0. The van der Waals surface area contributed by atoms with Crippen LogP contribution in [0.25, 0.3) is 0 Å². The number of ether oxygens (including phenoxy) is 6. The van der Waals surface area contributed by atoms with Crippen molar-refractivity contribution in [1.82, 2.24) is 0 Å². The van der Waals surface area contributed by atoms with E-state index in [0.29, 0.717) is 26.4 Å². The van der Waals surface area contributed by atoms with Gasteiger partial charge in [0.15, 0.2) is 12.6 Å². The molecule has 2 saturated heterocycles. The van der Waals surface area contributed by atoms with E-state index < -0.39 is 74.6 Å². The lowest BCUT2D eigenvalue weighted by Gasteiger charge is -2.45. The summed E-state index contributed by atoms with van der Waals surface area (Å²) >= 11 is 0. The molecule has 0 aromatic heterocycles. The molecule has 0 spiro atoms. The standard InChI is InChI=1S/C18H35NO13/c19-1-2-27-3-4-28-5-6-29-17-15(26)13(24)16(10(8-21)31-17)32-18-14(25)12(23)11(22)9(7-20)30-18/h9-18,20-26H,1-8,19H2/t9-,10-,11+,12+,13-,14-,15-,16-,17?,18+/m1/s1. The summed E-state index contributed by atoms with van der Waals surface area (Å²) in [6.07, 6.45) is -14.9. The van der Waals surface area contributed by atoms with E-state index in [-0.39, 0.29) is 13.2 Å². The van der Waals surface area contributed by atoms with Gasteiger partial charge in [0.05, 0.1) is 46.2 Å². The van der Waals surface area contributed by atoms with E-state index in [1.807, 2.05) is 0 Å². The third-order valence-electron chi connectivity index (χ3n) is 5.10. The summed E-state index contributed by atoms with van der Waals surface area (Å²) in [5.41, 5.74) is 5.29. The molecule has 32 heavy (non-hydrogen) atoms. The van der Waals surface area contributed by atoms with Gasteiger partial charge >= 0.3 is 0 Å². The zero-order valence-electron chi connectivity index (χ0n) is 17.6. The Hall–Kier alpha value is -0.560. The van der Waals surface area contributed by atoms with Crippen LogP contribution in [0.5, 0.6) is 0 Å². The highest BCUT2D eigenvalue weighted by Gasteiger charge is 2.50. The third kappa shape index (κ3) is 7.22. The Kier molecular flexibility index (Phi) is 12.1. The smallest absolute Gasteiger partial charge is 0.187 e. The SMILES string of the molecule is NCCOCCOCCOC1O[C@H](CO)[C@@H](O[C@@H]2O[C@H](CO)[C@H](O)[C@H](O)[C@H]2O)[C@H](O)[C@H]1O. The Morgan fingerprint density at radius 2 is 1.19 bits per heavy atom. The summed E-state index contributed by atoms with van der Waals surface area (Å²) in [7, 11) is 0. The van der Waals surface area contributed by atoms with Crippen molar-refractivity contribution in [3.05, 3.63) is 0 Å². The van der Waals surface area contributed by atoms with Crippen LogP contribution in [0.1, 0.15) is 0 Å². The lowest BCUT2D eigenvalue weighted by molar-refractivity contribution is -0.359. The molecule has 2 aliphatic rings. The quantitative estimate of drug-likeness (QED) is 0.117. The molecule has 190 valence electrons. The van der Waals surface area contributed by atoms with Gasteiger partial charge in [-0.05, 0) is 0 Å². The van der Waals surface area contributed by atoms with Crippen molar-refractivity contribution in [3.8, 4) is 0 Å². The summed E-state index contributed by atoms with van der Waals surface area (Å²) < 4.78 is 32.0. The molecule has 2 fully saturated rings.